The standard InChI is InChI=1S/C13H18N2O4/c1-4-12(13(16)17)14(3)9(2)10-5-7-11(8-6-10)15(18)19/h5-9,12H,4H2,1-3H3,(H,16,17). The van der Waals surface area contributed by atoms with Crippen LogP contribution in [0.15, 0.2) is 24.3 Å². The van der Waals surface area contributed by atoms with E-state index in [0.717, 1.165) is 5.56 Å². The van der Waals surface area contributed by atoms with Crippen LogP contribution in [0.2, 0.25) is 0 Å². The number of rotatable bonds is 6. The fourth-order valence-corrected chi connectivity index (χ4v) is 2.02. The van der Waals surface area contributed by atoms with E-state index < -0.39 is 16.9 Å². The van der Waals surface area contributed by atoms with Gasteiger partial charge in [0.2, 0.25) is 0 Å². The zero-order chi connectivity index (χ0) is 14.6. The van der Waals surface area contributed by atoms with Crippen molar-refractivity contribution in [1.29, 1.82) is 0 Å². The highest BCUT2D eigenvalue weighted by Gasteiger charge is 2.25. The quantitative estimate of drug-likeness (QED) is 0.631. The molecule has 0 saturated carbocycles. The predicted octanol–water partition coefficient (Wildman–Crippen LogP) is 2.45. The first-order valence-electron chi connectivity index (χ1n) is 6.07. The van der Waals surface area contributed by atoms with Gasteiger partial charge in [0, 0.05) is 18.2 Å². The highest BCUT2D eigenvalue weighted by molar-refractivity contribution is 5.73. The molecule has 1 aromatic rings. The number of aliphatic carboxylic acids is 1. The Balaban J connectivity index is 2.90. The molecule has 104 valence electrons. The van der Waals surface area contributed by atoms with E-state index in [4.69, 9.17) is 5.11 Å². The summed E-state index contributed by atoms with van der Waals surface area (Å²) in [6.45, 7) is 3.70. The molecule has 2 atom stereocenters. The molecule has 6 heteroatoms. The van der Waals surface area contributed by atoms with E-state index in [0.29, 0.717) is 6.42 Å². The van der Waals surface area contributed by atoms with Crippen molar-refractivity contribution in [3.05, 3.63) is 39.9 Å². The summed E-state index contributed by atoms with van der Waals surface area (Å²) in [6.07, 6.45) is 0.503. The van der Waals surface area contributed by atoms with E-state index in [2.05, 4.69) is 0 Å². The molecule has 0 bridgehead atoms. The molecule has 19 heavy (non-hydrogen) atoms. The van der Waals surface area contributed by atoms with Crippen LogP contribution >= 0.6 is 0 Å². The summed E-state index contributed by atoms with van der Waals surface area (Å²) in [4.78, 5) is 23.0. The molecule has 0 aliphatic carbocycles. The number of likely N-dealkylation sites (N-methyl/N-ethyl adjacent to an activating group) is 1. The summed E-state index contributed by atoms with van der Waals surface area (Å²) in [5.74, 6) is -0.862. The minimum absolute atomic E-state index is 0.0314. The van der Waals surface area contributed by atoms with Crippen molar-refractivity contribution >= 4 is 11.7 Å². The lowest BCUT2D eigenvalue weighted by Crippen LogP contribution is -2.39. The lowest BCUT2D eigenvalue weighted by atomic mass is 10.0. The van der Waals surface area contributed by atoms with Crippen molar-refractivity contribution in [3.8, 4) is 0 Å². The van der Waals surface area contributed by atoms with Gasteiger partial charge < -0.3 is 5.11 Å². The molecule has 2 unspecified atom stereocenters. The van der Waals surface area contributed by atoms with Gasteiger partial charge in [-0.05, 0) is 26.0 Å². The topological polar surface area (TPSA) is 83.7 Å². The Morgan fingerprint density at radius 2 is 1.95 bits per heavy atom. The maximum atomic E-state index is 11.1. The van der Waals surface area contributed by atoms with Crippen LogP contribution in [-0.4, -0.2) is 34.0 Å². The lowest BCUT2D eigenvalue weighted by molar-refractivity contribution is -0.384. The number of non-ortho nitro benzene ring substituents is 1. The molecule has 0 heterocycles. The summed E-state index contributed by atoms with van der Waals surface area (Å²) >= 11 is 0. The van der Waals surface area contributed by atoms with E-state index >= 15 is 0 Å². The molecule has 1 aromatic carbocycles. The Bertz CT molecular complexity index is 458. The second kappa shape index (κ2) is 6.29. The molecule has 0 aliphatic heterocycles. The van der Waals surface area contributed by atoms with Crippen molar-refractivity contribution in [2.24, 2.45) is 0 Å². The molecule has 0 amide bonds. The number of benzene rings is 1. The number of carboxylic acid groups (broad SMARTS) is 1. The van der Waals surface area contributed by atoms with Crippen LogP contribution in [-0.2, 0) is 4.79 Å². The van der Waals surface area contributed by atoms with Crippen LogP contribution in [0.3, 0.4) is 0 Å². The maximum Gasteiger partial charge on any atom is 0.320 e. The zero-order valence-corrected chi connectivity index (χ0v) is 11.2. The summed E-state index contributed by atoms with van der Waals surface area (Å²) in [7, 11) is 1.74. The normalized spacial score (nSPS) is 14.1. The fourth-order valence-electron chi connectivity index (χ4n) is 2.02. The van der Waals surface area contributed by atoms with E-state index in [-0.39, 0.29) is 11.7 Å². The van der Waals surface area contributed by atoms with Crippen molar-refractivity contribution in [3.63, 3.8) is 0 Å². The number of hydrogen-bond acceptors (Lipinski definition) is 4. The zero-order valence-electron chi connectivity index (χ0n) is 11.2. The SMILES string of the molecule is CCC(C(=O)O)N(C)C(C)c1ccc([N+](=O)[O-])cc1. The van der Waals surface area contributed by atoms with E-state index in [9.17, 15) is 14.9 Å². The number of carboxylic acids is 1. The first-order valence-corrected chi connectivity index (χ1v) is 6.07. The van der Waals surface area contributed by atoms with E-state index in [1.807, 2.05) is 13.8 Å². The molecule has 0 spiro atoms. The summed E-state index contributed by atoms with van der Waals surface area (Å²) in [6, 6.07) is 5.50. The highest BCUT2D eigenvalue weighted by Crippen LogP contribution is 2.24. The molecule has 0 fully saturated rings. The lowest BCUT2D eigenvalue weighted by Gasteiger charge is -2.30. The molecule has 6 nitrogen and oxygen atoms in total. The molecule has 0 saturated heterocycles. The average Bonchev–Trinajstić information content (AvgIpc) is 2.38. The fraction of sp³-hybridized carbons (Fsp3) is 0.462. The summed E-state index contributed by atoms with van der Waals surface area (Å²) < 4.78 is 0. The van der Waals surface area contributed by atoms with Gasteiger partial charge >= 0.3 is 5.97 Å². The summed E-state index contributed by atoms with van der Waals surface area (Å²) in [5.41, 5.74) is 0.886. The van der Waals surface area contributed by atoms with Crippen LogP contribution in [0.4, 0.5) is 5.69 Å². The Morgan fingerprint density at radius 1 is 1.42 bits per heavy atom. The number of nitrogens with zero attached hydrogens (tertiary/aromatic N) is 2. The molecule has 1 N–H and O–H groups in total. The first-order chi connectivity index (χ1) is 8.88. The third-order valence-corrected chi connectivity index (χ3v) is 3.36. The minimum Gasteiger partial charge on any atom is -0.480 e. The van der Waals surface area contributed by atoms with Crippen LogP contribution < -0.4 is 0 Å². The third kappa shape index (κ3) is 3.51. The average molecular weight is 266 g/mol. The van der Waals surface area contributed by atoms with Crippen LogP contribution in [0, 0.1) is 10.1 Å². The van der Waals surface area contributed by atoms with Gasteiger partial charge in [0.25, 0.3) is 5.69 Å². The number of carbonyl (C=O) groups is 1. The largest absolute Gasteiger partial charge is 0.480 e. The smallest absolute Gasteiger partial charge is 0.320 e. The number of hydrogen-bond donors (Lipinski definition) is 1. The molecule has 1 rings (SSSR count). The van der Waals surface area contributed by atoms with Gasteiger partial charge in [0.15, 0.2) is 0 Å². The van der Waals surface area contributed by atoms with Gasteiger partial charge in [0.05, 0.1) is 4.92 Å². The first kappa shape index (κ1) is 15.1. The second-order valence-electron chi connectivity index (χ2n) is 4.45. The maximum absolute atomic E-state index is 11.1. The summed E-state index contributed by atoms with van der Waals surface area (Å²) in [5, 5.41) is 19.7. The van der Waals surface area contributed by atoms with E-state index in [1.165, 1.54) is 12.1 Å². The molecular weight excluding hydrogens is 248 g/mol. The number of nitro groups is 1. The Labute approximate surface area is 111 Å². The van der Waals surface area contributed by atoms with Crippen LogP contribution in [0.25, 0.3) is 0 Å². The Hall–Kier alpha value is -1.95. The number of nitro benzene ring substituents is 1. The van der Waals surface area contributed by atoms with Crippen LogP contribution in [0.1, 0.15) is 31.9 Å². The Kier molecular flexibility index (Phi) is 5.00. The molecule has 0 aliphatic rings. The van der Waals surface area contributed by atoms with Gasteiger partial charge in [0.1, 0.15) is 6.04 Å². The van der Waals surface area contributed by atoms with Crippen LogP contribution in [0.5, 0.6) is 0 Å². The van der Waals surface area contributed by atoms with Gasteiger partial charge in [-0.25, -0.2) is 0 Å². The highest BCUT2D eigenvalue weighted by atomic mass is 16.6. The Morgan fingerprint density at radius 3 is 2.32 bits per heavy atom. The molecular formula is C13H18N2O4. The van der Waals surface area contributed by atoms with Crippen molar-refractivity contribution in [2.45, 2.75) is 32.4 Å². The van der Waals surface area contributed by atoms with Gasteiger partial charge in [-0.2, -0.15) is 0 Å². The third-order valence-electron chi connectivity index (χ3n) is 3.36. The minimum atomic E-state index is -0.862. The predicted molar refractivity (Wildman–Crippen MR) is 71.0 cm³/mol. The van der Waals surface area contributed by atoms with Gasteiger partial charge in [-0.1, -0.05) is 19.1 Å². The molecule has 0 aromatic heterocycles. The second-order valence-corrected chi connectivity index (χ2v) is 4.45. The monoisotopic (exact) mass is 266 g/mol. The van der Waals surface area contributed by atoms with Gasteiger partial charge in [-0.15, -0.1) is 0 Å². The van der Waals surface area contributed by atoms with Gasteiger partial charge in [-0.3, -0.25) is 19.8 Å². The van der Waals surface area contributed by atoms with Crippen molar-refractivity contribution in [2.75, 3.05) is 7.05 Å². The van der Waals surface area contributed by atoms with Crippen molar-refractivity contribution < 1.29 is 14.8 Å². The van der Waals surface area contributed by atoms with Crippen molar-refractivity contribution in [1.82, 2.24) is 4.90 Å². The molecule has 0 radical (unpaired) electrons. The van der Waals surface area contributed by atoms with E-state index in [1.54, 1.807) is 24.1 Å².